The number of benzene rings is 3. The molecule has 0 aliphatic rings. The SMILES string of the molecule is Fc1ccc(F)c(COc2ccc(Cl)cc2C=NNc2nc(-c3ccccc3)cs2)c1. The Balaban J connectivity index is 1.46. The van der Waals surface area contributed by atoms with Gasteiger partial charge in [0.1, 0.15) is 24.0 Å². The molecule has 0 spiro atoms. The number of hydrogen-bond donors (Lipinski definition) is 1. The quantitative estimate of drug-likeness (QED) is 0.247. The first kappa shape index (κ1) is 21.0. The van der Waals surface area contributed by atoms with Crippen molar-refractivity contribution in [1.82, 2.24) is 4.98 Å². The van der Waals surface area contributed by atoms with Gasteiger partial charge in [-0.15, -0.1) is 11.3 Å². The zero-order valence-electron chi connectivity index (χ0n) is 16.1. The summed E-state index contributed by atoms with van der Waals surface area (Å²) in [6.07, 6.45) is 1.53. The topological polar surface area (TPSA) is 46.5 Å². The average molecular weight is 456 g/mol. The van der Waals surface area contributed by atoms with Gasteiger partial charge in [0.25, 0.3) is 0 Å². The molecular formula is C23H16ClF2N3OS. The predicted molar refractivity (Wildman–Crippen MR) is 121 cm³/mol. The van der Waals surface area contributed by atoms with Crippen molar-refractivity contribution in [3.05, 3.63) is 99.9 Å². The highest BCUT2D eigenvalue weighted by Gasteiger charge is 2.08. The number of ether oxygens (including phenoxy) is 1. The fourth-order valence-corrected chi connectivity index (χ4v) is 3.63. The maximum atomic E-state index is 13.8. The van der Waals surface area contributed by atoms with Crippen LogP contribution in [-0.2, 0) is 6.61 Å². The zero-order chi connectivity index (χ0) is 21.6. The molecule has 0 unspecified atom stereocenters. The van der Waals surface area contributed by atoms with E-state index in [9.17, 15) is 8.78 Å². The standard InChI is InChI=1S/C23H16ClF2N3OS/c24-18-6-9-22(30-13-17-11-19(25)7-8-20(17)26)16(10-18)12-27-29-23-28-21(14-31-23)15-4-2-1-3-5-15/h1-12,14H,13H2,(H,28,29). The summed E-state index contributed by atoms with van der Waals surface area (Å²) in [5.74, 6) is -0.631. The molecule has 0 aliphatic heterocycles. The molecule has 1 aromatic heterocycles. The molecular weight excluding hydrogens is 440 g/mol. The van der Waals surface area contributed by atoms with E-state index in [0.29, 0.717) is 21.5 Å². The van der Waals surface area contributed by atoms with Crippen LogP contribution in [0.1, 0.15) is 11.1 Å². The van der Waals surface area contributed by atoms with E-state index < -0.39 is 11.6 Å². The Bertz CT molecular complexity index is 1210. The second-order valence-electron chi connectivity index (χ2n) is 6.48. The van der Waals surface area contributed by atoms with Crippen molar-refractivity contribution >= 4 is 34.3 Å². The summed E-state index contributed by atoms with van der Waals surface area (Å²) in [7, 11) is 0. The molecule has 4 nitrogen and oxygen atoms in total. The third kappa shape index (κ3) is 5.45. The Kier molecular flexibility index (Phi) is 6.54. The van der Waals surface area contributed by atoms with Crippen LogP contribution in [0.25, 0.3) is 11.3 Å². The van der Waals surface area contributed by atoms with Gasteiger partial charge in [-0.05, 0) is 36.4 Å². The van der Waals surface area contributed by atoms with Gasteiger partial charge in [0.15, 0.2) is 0 Å². The van der Waals surface area contributed by atoms with Crippen LogP contribution in [-0.4, -0.2) is 11.2 Å². The summed E-state index contributed by atoms with van der Waals surface area (Å²) in [6, 6.07) is 18.0. The largest absolute Gasteiger partial charge is 0.488 e. The Labute approximate surface area is 186 Å². The van der Waals surface area contributed by atoms with E-state index in [1.54, 1.807) is 18.2 Å². The van der Waals surface area contributed by atoms with E-state index in [1.807, 2.05) is 35.7 Å². The highest BCUT2D eigenvalue weighted by Crippen LogP contribution is 2.26. The zero-order valence-corrected chi connectivity index (χ0v) is 17.6. The molecule has 0 aliphatic carbocycles. The lowest BCUT2D eigenvalue weighted by atomic mass is 10.2. The summed E-state index contributed by atoms with van der Waals surface area (Å²) in [5.41, 5.74) is 5.46. The molecule has 0 radical (unpaired) electrons. The van der Waals surface area contributed by atoms with Crippen molar-refractivity contribution in [3.63, 3.8) is 0 Å². The molecule has 3 aromatic carbocycles. The van der Waals surface area contributed by atoms with E-state index in [-0.39, 0.29) is 12.2 Å². The molecule has 4 aromatic rings. The smallest absolute Gasteiger partial charge is 0.203 e. The molecule has 4 rings (SSSR count). The van der Waals surface area contributed by atoms with E-state index in [4.69, 9.17) is 16.3 Å². The van der Waals surface area contributed by atoms with Crippen LogP contribution in [0.4, 0.5) is 13.9 Å². The van der Waals surface area contributed by atoms with Crippen LogP contribution in [0.2, 0.25) is 5.02 Å². The number of rotatable bonds is 7. The number of nitrogens with one attached hydrogen (secondary N) is 1. The second-order valence-corrected chi connectivity index (χ2v) is 7.78. The van der Waals surface area contributed by atoms with Crippen LogP contribution < -0.4 is 10.2 Å². The number of hydrazone groups is 1. The number of thiazole rings is 1. The van der Waals surface area contributed by atoms with Crippen molar-refractivity contribution in [2.45, 2.75) is 6.61 Å². The third-order valence-corrected chi connectivity index (χ3v) is 5.28. The Morgan fingerprint density at radius 1 is 1.06 bits per heavy atom. The second kappa shape index (κ2) is 9.68. The molecule has 1 heterocycles. The molecule has 0 fully saturated rings. The van der Waals surface area contributed by atoms with Crippen molar-refractivity contribution in [3.8, 4) is 17.0 Å². The van der Waals surface area contributed by atoms with E-state index in [2.05, 4.69) is 15.5 Å². The van der Waals surface area contributed by atoms with Gasteiger partial charge < -0.3 is 4.74 Å². The van der Waals surface area contributed by atoms with E-state index in [1.165, 1.54) is 17.6 Å². The monoisotopic (exact) mass is 455 g/mol. The lowest BCUT2D eigenvalue weighted by Gasteiger charge is -2.10. The minimum Gasteiger partial charge on any atom is -0.488 e. The molecule has 0 amide bonds. The summed E-state index contributed by atoms with van der Waals surface area (Å²) in [6.45, 7) is -0.133. The Hall–Kier alpha value is -3.29. The number of halogens is 3. The van der Waals surface area contributed by atoms with Gasteiger partial charge in [-0.2, -0.15) is 5.10 Å². The first-order valence-electron chi connectivity index (χ1n) is 9.25. The number of hydrogen-bond acceptors (Lipinski definition) is 5. The molecule has 156 valence electrons. The molecule has 8 heteroatoms. The van der Waals surface area contributed by atoms with Crippen molar-refractivity contribution in [1.29, 1.82) is 0 Å². The highest BCUT2D eigenvalue weighted by atomic mass is 35.5. The number of aromatic nitrogens is 1. The van der Waals surface area contributed by atoms with Crippen LogP contribution >= 0.6 is 22.9 Å². The molecule has 0 bridgehead atoms. The van der Waals surface area contributed by atoms with Gasteiger partial charge in [0.2, 0.25) is 5.13 Å². The van der Waals surface area contributed by atoms with Crippen molar-refractivity contribution in [2.75, 3.05) is 5.43 Å². The summed E-state index contributed by atoms with van der Waals surface area (Å²) in [5, 5.41) is 7.26. The summed E-state index contributed by atoms with van der Waals surface area (Å²) >= 11 is 7.52. The van der Waals surface area contributed by atoms with E-state index >= 15 is 0 Å². The maximum absolute atomic E-state index is 13.8. The summed E-state index contributed by atoms with van der Waals surface area (Å²) in [4.78, 5) is 4.50. The van der Waals surface area contributed by atoms with Crippen LogP contribution in [0.3, 0.4) is 0 Å². The molecule has 0 saturated carbocycles. The van der Waals surface area contributed by atoms with E-state index in [0.717, 1.165) is 29.5 Å². The number of anilines is 1. The lowest BCUT2D eigenvalue weighted by Crippen LogP contribution is -2.02. The minimum absolute atomic E-state index is 0.118. The van der Waals surface area contributed by atoms with Gasteiger partial charge in [0, 0.05) is 27.1 Å². The average Bonchev–Trinajstić information content (AvgIpc) is 3.25. The fourth-order valence-electron chi connectivity index (χ4n) is 2.78. The molecule has 31 heavy (non-hydrogen) atoms. The molecule has 0 atom stereocenters. The fraction of sp³-hybridized carbons (Fsp3) is 0.0435. The first-order valence-corrected chi connectivity index (χ1v) is 10.5. The van der Waals surface area contributed by atoms with Gasteiger partial charge in [-0.3, -0.25) is 5.43 Å². The van der Waals surface area contributed by atoms with Crippen molar-refractivity contribution < 1.29 is 13.5 Å². The predicted octanol–water partition coefficient (Wildman–Crippen LogP) is 6.77. The van der Waals surface area contributed by atoms with Gasteiger partial charge in [0.05, 0.1) is 11.9 Å². The van der Waals surface area contributed by atoms with Crippen molar-refractivity contribution in [2.24, 2.45) is 5.10 Å². The third-order valence-electron chi connectivity index (χ3n) is 4.30. The number of nitrogens with zero attached hydrogens (tertiary/aromatic N) is 2. The van der Waals surface area contributed by atoms with Crippen LogP contribution in [0.5, 0.6) is 5.75 Å². The van der Waals surface area contributed by atoms with Crippen LogP contribution in [0.15, 0.2) is 77.2 Å². The first-order chi connectivity index (χ1) is 15.1. The maximum Gasteiger partial charge on any atom is 0.203 e. The van der Waals surface area contributed by atoms with Crippen LogP contribution in [0, 0.1) is 11.6 Å². The Morgan fingerprint density at radius 2 is 1.90 bits per heavy atom. The molecule has 1 N–H and O–H groups in total. The van der Waals surface area contributed by atoms with Gasteiger partial charge in [-0.1, -0.05) is 41.9 Å². The minimum atomic E-state index is -0.537. The van der Waals surface area contributed by atoms with Gasteiger partial charge >= 0.3 is 0 Å². The molecule has 0 saturated heterocycles. The highest BCUT2D eigenvalue weighted by molar-refractivity contribution is 7.14. The normalized spacial score (nSPS) is 11.1. The van der Waals surface area contributed by atoms with Gasteiger partial charge in [-0.25, -0.2) is 13.8 Å². The lowest BCUT2D eigenvalue weighted by molar-refractivity contribution is 0.298. The summed E-state index contributed by atoms with van der Waals surface area (Å²) < 4.78 is 32.9. The Morgan fingerprint density at radius 3 is 2.74 bits per heavy atom.